The van der Waals surface area contributed by atoms with Gasteiger partial charge in [0.1, 0.15) is 23.0 Å². The number of rotatable bonds is 3. The van der Waals surface area contributed by atoms with Crippen LogP contribution in [0.4, 0.5) is 0 Å². The maximum Gasteiger partial charge on any atom is 0.253 e. The predicted molar refractivity (Wildman–Crippen MR) is 197 cm³/mol. The van der Waals surface area contributed by atoms with Crippen LogP contribution in [0, 0.1) is 0 Å². The number of hydrogen-bond donors (Lipinski definition) is 0. The Morgan fingerprint density at radius 3 is 1.62 bits per heavy atom. The minimum Gasteiger partial charge on any atom is -0.458 e. The molecule has 0 aliphatic carbocycles. The molecule has 5 heteroatoms. The Hall–Kier alpha value is -5.38. The van der Waals surface area contributed by atoms with Gasteiger partial charge < -0.3 is 9.47 Å². The summed E-state index contributed by atoms with van der Waals surface area (Å²) >= 11 is 1.84. The Kier molecular flexibility index (Phi) is 6.03. The third-order valence-electron chi connectivity index (χ3n) is 9.76. The van der Waals surface area contributed by atoms with Gasteiger partial charge in [0.2, 0.25) is 0 Å². The first kappa shape index (κ1) is 26.8. The molecule has 10 rings (SSSR count). The Labute approximate surface area is 279 Å². The van der Waals surface area contributed by atoms with Crippen molar-refractivity contribution in [2.24, 2.45) is 0 Å². The monoisotopic (exact) mass is 616 g/mol. The van der Waals surface area contributed by atoms with Crippen molar-refractivity contribution in [2.75, 3.05) is 0 Å². The summed E-state index contributed by atoms with van der Waals surface area (Å²) in [4.78, 5) is 2.56. The molecule has 0 atom stereocenters. The quantitative estimate of drug-likeness (QED) is 0.205. The van der Waals surface area contributed by atoms with Crippen molar-refractivity contribution in [1.82, 2.24) is 0 Å². The van der Waals surface area contributed by atoms with Gasteiger partial charge in [-0.05, 0) is 68.4 Å². The van der Waals surface area contributed by atoms with Gasteiger partial charge in [-0.25, -0.2) is 0 Å². The molecular weight excluding hydrogens is 590 g/mol. The summed E-state index contributed by atoms with van der Waals surface area (Å²) in [6.45, 7) is 0.000179. The van der Waals surface area contributed by atoms with Crippen molar-refractivity contribution < 1.29 is 9.47 Å². The molecular formula is C42H26B2O2S. The molecule has 0 saturated carbocycles. The third-order valence-corrected chi connectivity index (χ3v) is 10.9. The molecule has 0 unspecified atom stereocenters. The van der Waals surface area contributed by atoms with Crippen LogP contribution in [-0.2, 0) is 0 Å². The van der Waals surface area contributed by atoms with E-state index in [4.69, 9.17) is 9.47 Å². The maximum absolute atomic E-state index is 6.77. The highest BCUT2D eigenvalue weighted by Crippen LogP contribution is 2.38. The third kappa shape index (κ3) is 4.16. The van der Waals surface area contributed by atoms with E-state index in [2.05, 4.69) is 158 Å². The topological polar surface area (TPSA) is 18.5 Å². The molecule has 0 fully saturated rings. The first-order chi connectivity index (χ1) is 23.3. The smallest absolute Gasteiger partial charge is 0.253 e. The van der Waals surface area contributed by atoms with Crippen LogP contribution < -0.4 is 42.3 Å². The molecule has 218 valence electrons. The van der Waals surface area contributed by atoms with E-state index in [1.165, 1.54) is 53.9 Å². The summed E-state index contributed by atoms with van der Waals surface area (Å²) < 4.78 is 13.5. The van der Waals surface area contributed by atoms with E-state index in [9.17, 15) is 0 Å². The molecule has 7 aromatic carbocycles. The van der Waals surface area contributed by atoms with E-state index in [1.54, 1.807) is 0 Å². The van der Waals surface area contributed by atoms with Crippen molar-refractivity contribution in [3.8, 4) is 45.3 Å². The van der Waals surface area contributed by atoms with Crippen molar-refractivity contribution in [2.45, 2.75) is 9.79 Å². The van der Waals surface area contributed by atoms with Crippen LogP contribution >= 0.6 is 11.8 Å². The summed E-state index contributed by atoms with van der Waals surface area (Å²) in [6, 6.07) is 56.6. The van der Waals surface area contributed by atoms with Crippen LogP contribution in [0.3, 0.4) is 0 Å². The van der Waals surface area contributed by atoms with Crippen LogP contribution in [0.2, 0.25) is 0 Å². The van der Waals surface area contributed by atoms with E-state index in [-0.39, 0.29) is 13.4 Å². The van der Waals surface area contributed by atoms with Gasteiger partial charge in [-0.15, -0.1) is 0 Å². The maximum atomic E-state index is 6.77. The first-order valence-corrected chi connectivity index (χ1v) is 16.9. The second-order valence-corrected chi connectivity index (χ2v) is 13.4. The number of para-hydroxylation sites is 1. The zero-order valence-corrected chi connectivity index (χ0v) is 26.2. The van der Waals surface area contributed by atoms with E-state index < -0.39 is 0 Å². The van der Waals surface area contributed by atoms with Crippen molar-refractivity contribution in [3.05, 3.63) is 158 Å². The minimum absolute atomic E-state index is 0.0725. The van der Waals surface area contributed by atoms with Crippen LogP contribution in [0.5, 0.6) is 23.0 Å². The average molecular weight is 616 g/mol. The second kappa shape index (κ2) is 10.6. The van der Waals surface area contributed by atoms with Gasteiger partial charge in [0, 0.05) is 15.9 Å². The predicted octanol–water partition coefficient (Wildman–Crippen LogP) is 6.73. The molecule has 3 aliphatic rings. The largest absolute Gasteiger partial charge is 0.458 e. The molecule has 0 N–H and O–H groups in total. The van der Waals surface area contributed by atoms with Gasteiger partial charge in [0.05, 0.1) is 0 Å². The Balaban J connectivity index is 1.27. The van der Waals surface area contributed by atoms with Crippen molar-refractivity contribution in [3.63, 3.8) is 0 Å². The van der Waals surface area contributed by atoms with Gasteiger partial charge in [0.25, 0.3) is 13.4 Å². The van der Waals surface area contributed by atoms with Crippen molar-refractivity contribution >= 4 is 58.0 Å². The van der Waals surface area contributed by atoms with Gasteiger partial charge in [-0.1, -0.05) is 150 Å². The van der Waals surface area contributed by atoms with Gasteiger partial charge in [-0.2, -0.15) is 0 Å². The highest BCUT2D eigenvalue weighted by Gasteiger charge is 2.42. The first-order valence-electron chi connectivity index (χ1n) is 16.1. The number of fused-ring (bicyclic) bond motifs is 6. The Bertz CT molecular complexity index is 2300. The van der Waals surface area contributed by atoms with Gasteiger partial charge >= 0.3 is 0 Å². The van der Waals surface area contributed by atoms with Crippen LogP contribution in [-0.4, -0.2) is 13.4 Å². The lowest BCUT2D eigenvalue weighted by Gasteiger charge is -2.35. The summed E-state index contributed by atoms with van der Waals surface area (Å²) in [6.07, 6.45) is 0. The molecule has 0 radical (unpaired) electrons. The Morgan fingerprint density at radius 2 is 0.894 bits per heavy atom. The fourth-order valence-corrected chi connectivity index (χ4v) is 8.92. The molecule has 2 nitrogen and oxygen atoms in total. The molecule has 3 heterocycles. The lowest BCUT2D eigenvalue weighted by Crippen LogP contribution is -2.61. The fourth-order valence-electron chi connectivity index (χ4n) is 7.76. The summed E-state index contributed by atoms with van der Waals surface area (Å²) in [5, 5.41) is 0. The molecule has 3 aliphatic heterocycles. The molecule has 47 heavy (non-hydrogen) atoms. The zero-order chi connectivity index (χ0) is 30.9. The lowest BCUT2D eigenvalue weighted by atomic mass is 9.31. The number of hydrogen-bond acceptors (Lipinski definition) is 3. The molecule has 0 bridgehead atoms. The molecule has 0 saturated heterocycles. The van der Waals surface area contributed by atoms with E-state index in [0.717, 1.165) is 33.9 Å². The van der Waals surface area contributed by atoms with Gasteiger partial charge in [-0.3, -0.25) is 0 Å². The normalized spacial score (nSPS) is 13.3. The van der Waals surface area contributed by atoms with Gasteiger partial charge in [0.15, 0.2) is 0 Å². The Morgan fingerprint density at radius 1 is 0.362 bits per heavy atom. The molecule has 0 aromatic heterocycles. The van der Waals surface area contributed by atoms with Crippen LogP contribution in [0.1, 0.15) is 0 Å². The summed E-state index contributed by atoms with van der Waals surface area (Å²) in [7, 11) is 0. The summed E-state index contributed by atoms with van der Waals surface area (Å²) in [5.41, 5.74) is 12.2. The standard InChI is InChI=1S/C42H26B2O2S/c1-3-13-27(14-4-1)29-17-11-18-30(28-15-5-2-6-16-28)41(29)43-31-19-7-9-21-35(31)45-37-26-38-34(25-33(37)43)44-32-20-8-10-23-39(32)47-40-24-12-22-36(46-38)42(40)44/h1-26H. The highest BCUT2D eigenvalue weighted by molar-refractivity contribution is 8.00. The minimum atomic E-state index is -0.0725. The fraction of sp³-hybridized carbons (Fsp3) is 0. The SMILES string of the molecule is c1ccc(-c2cccc(-c3ccccc3)c2B2c3ccccc3Oc3cc4c(cc32)B2c3ccccc3Sc3cccc(c32)O4)cc1. The van der Waals surface area contributed by atoms with E-state index >= 15 is 0 Å². The molecule has 0 amide bonds. The van der Waals surface area contributed by atoms with E-state index in [1.807, 2.05) is 11.8 Å². The van der Waals surface area contributed by atoms with E-state index in [0.29, 0.717) is 0 Å². The lowest BCUT2D eigenvalue weighted by molar-refractivity contribution is 0.465. The molecule has 0 spiro atoms. The average Bonchev–Trinajstić information content (AvgIpc) is 3.13. The highest BCUT2D eigenvalue weighted by atomic mass is 32.2. The zero-order valence-electron chi connectivity index (χ0n) is 25.4. The molecule has 7 aromatic rings. The van der Waals surface area contributed by atoms with Crippen molar-refractivity contribution in [1.29, 1.82) is 0 Å². The number of ether oxygens (including phenoxy) is 2. The van der Waals surface area contributed by atoms with Crippen LogP contribution in [0.25, 0.3) is 22.3 Å². The second-order valence-electron chi connectivity index (χ2n) is 12.3. The summed E-state index contributed by atoms with van der Waals surface area (Å²) in [5.74, 6) is 3.51. The van der Waals surface area contributed by atoms with Crippen LogP contribution in [0.15, 0.2) is 168 Å². The number of benzene rings is 7.